The molecule has 2 aromatic carbocycles. The first kappa shape index (κ1) is 28.0. The van der Waals surface area contributed by atoms with Crippen molar-refractivity contribution >= 4 is 43.7 Å². The number of nitrogens with two attached hydrogens (primary N) is 1. The van der Waals surface area contributed by atoms with E-state index in [0.29, 0.717) is 17.1 Å². The van der Waals surface area contributed by atoms with Crippen LogP contribution in [0.25, 0.3) is 0 Å². The van der Waals surface area contributed by atoms with Gasteiger partial charge >= 0.3 is 5.97 Å². The molecule has 2 aromatic rings. The number of rotatable bonds is 8. The number of halogens is 1. The molecule has 34 heavy (non-hydrogen) atoms. The molecular weight excluding hydrogens is 508 g/mol. The van der Waals surface area contributed by atoms with Crippen molar-refractivity contribution in [2.45, 2.75) is 43.0 Å². The molecule has 0 saturated heterocycles. The molecule has 1 aliphatic heterocycles. The number of unbranched alkanes of at least 4 members (excludes halogenated alkanes) is 3. The number of sulfonamides is 1. The first-order valence-corrected chi connectivity index (χ1v) is 13.6. The molecule has 3 rings (SSSR count). The highest BCUT2D eigenvalue weighted by Crippen LogP contribution is 2.39. The summed E-state index contributed by atoms with van der Waals surface area (Å²) in [6.07, 6.45) is 3.66. The molecule has 188 valence electrons. The highest BCUT2D eigenvalue weighted by atomic mass is 35.5. The third-order valence-corrected chi connectivity index (χ3v) is 7.37. The van der Waals surface area contributed by atoms with Crippen molar-refractivity contribution in [1.82, 2.24) is 0 Å². The number of quaternary nitrogens is 1. The summed E-state index contributed by atoms with van der Waals surface area (Å²) in [5.74, 6) is -0.757. The Labute approximate surface area is 204 Å². The van der Waals surface area contributed by atoms with Crippen LogP contribution < -0.4 is 9.62 Å². The normalized spacial score (nSPS) is 16.5. The Bertz CT molecular complexity index is 1210. The molecule has 1 atom stereocenters. The van der Waals surface area contributed by atoms with E-state index < -0.39 is 26.4 Å². The molecule has 0 aliphatic carbocycles. The monoisotopic (exact) mass is 533 g/mol. The molecule has 0 saturated carbocycles. The topological polar surface area (TPSA) is 172 Å². The average molecular weight is 534 g/mol. The summed E-state index contributed by atoms with van der Waals surface area (Å²) in [6.45, 7) is 0.817. The van der Waals surface area contributed by atoms with E-state index in [1.807, 2.05) is 24.3 Å². The van der Waals surface area contributed by atoms with Crippen molar-refractivity contribution in [2.24, 2.45) is 0 Å². The zero-order valence-electron chi connectivity index (χ0n) is 18.4. The highest BCUT2D eigenvalue weighted by Gasteiger charge is 2.36. The van der Waals surface area contributed by atoms with Crippen LogP contribution >= 0.6 is 11.6 Å². The third-order valence-electron chi connectivity index (χ3n) is 5.31. The van der Waals surface area contributed by atoms with E-state index in [0.717, 1.165) is 36.9 Å². The minimum absolute atomic E-state index is 0.155. The highest BCUT2D eigenvalue weighted by molar-refractivity contribution is 7.92. The summed E-state index contributed by atoms with van der Waals surface area (Å²) < 4.78 is 61.8. The van der Waals surface area contributed by atoms with Gasteiger partial charge in [0.25, 0.3) is 10.0 Å². The molecule has 1 aliphatic rings. The van der Waals surface area contributed by atoms with E-state index in [9.17, 15) is 13.2 Å². The molecule has 13 heteroatoms. The van der Waals surface area contributed by atoms with Crippen molar-refractivity contribution in [3.05, 3.63) is 58.6 Å². The van der Waals surface area contributed by atoms with Crippen LogP contribution in [0.2, 0.25) is 5.02 Å². The van der Waals surface area contributed by atoms with Gasteiger partial charge in [-0.05, 0) is 43.5 Å². The number of aliphatic carboxylic acids is 1. The fourth-order valence-electron chi connectivity index (χ4n) is 3.78. The molecule has 10 nitrogen and oxygen atoms in total. The number of anilines is 1. The molecular formula is C21H26ClN2O8S2-. The zero-order chi connectivity index (χ0) is 25.5. The number of carboxylic acids is 1. The van der Waals surface area contributed by atoms with Crippen LogP contribution in [0.1, 0.15) is 49.3 Å². The summed E-state index contributed by atoms with van der Waals surface area (Å²) in [4.78, 5) is 10.8. The lowest BCUT2D eigenvalue weighted by atomic mass is 9.96. The molecule has 1 unspecified atom stereocenters. The van der Waals surface area contributed by atoms with Gasteiger partial charge in [0.2, 0.25) is 0 Å². The summed E-state index contributed by atoms with van der Waals surface area (Å²) >= 11 is 6.13. The first-order chi connectivity index (χ1) is 15.8. The molecule has 0 radical (unpaired) electrons. The van der Waals surface area contributed by atoms with Crippen molar-refractivity contribution < 1.29 is 41.2 Å². The quantitative estimate of drug-likeness (QED) is 0.294. The maximum absolute atomic E-state index is 13.2. The molecule has 0 aromatic heterocycles. The number of fused-ring (bicyclic) bond motifs is 2. The van der Waals surface area contributed by atoms with Crippen LogP contribution in [0.5, 0.6) is 0 Å². The van der Waals surface area contributed by atoms with Crippen LogP contribution in [-0.2, 0) is 25.2 Å². The minimum atomic E-state index is -5.17. The summed E-state index contributed by atoms with van der Waals surface area (Å²) in [5.41, 5.74) is 2.35. The van der Waals surface area contributed by atoms with Crippen LogP contribution in [0.4, 0.5) is 5.69 Å². The second-order valence-electron chi connectivity index (χ2n) is 7.68. The van der Waals surface area contributed by atoms with Gasteiger partial charge in [-0.1, -0.05) is 36.2 Å². The number of hydrogen-bond acceptors (Lipinski definition) is 7. The lowest BCUT2D eigenvalue weighted by Gasteiger charge is -2.20. The molecule has 1 heterocycles. The van der Waals surface area contributed by atoms with Gasteiger partial charge in [0.05, 0.1) is 17.1 Å². The smallest absolute Gasteiger partial charge is 0.303 e. The van der Waals surface area contributed by atoms with Crippen molar-refractivity contribution in [2.75, 3.05) is 17.9 Å². The van der Waals surface area contributed by atoms with Crippen LogP contribution in [0.15, 0.2) is 47.4 Å². The molecule has 3 N–H and O–H groups in total. The average Bonchev–Trinajstić information content (AvgIpc) is 2.80. The van der Waals surface area contributed by atoms with Crippen LogP contribution in [0, 0.1) is 0 Å². The number of hydrogen-bond donors (Lipinski definition) is 2. The fourth-order valence-corrected chi connectivity index (χ4v) is 5.51. The number of benzene rings is 2. The predicted molar refractivity (Wildman–Crippen MR) is 123 cm³/mol. The second kappa shape index (κ2) is 12.0. The Morgan fingerprint density at radius 3 is 2.35 bits per heavy atom. The Kier molecular flexibility index (Phi) is 9.85. The number of para-hydroxylation sites is 1. The minimum Gasteiger partial charge on any atom is -0.759 e. The SMILES string of the molecule is CN1c2ccccc2C([NH2+]CCCCCCC(=O)O)c2ccc(Cl)cc2S1(=O)=O.O=S(=O)([O-])[O-]. The van der Waals surface area contributed by atoms with E-state index in [-0.39, 0.29) is 17.4 Å². The third kappa shape index (κ3) is 7.93. The van der Waals surface area contributed by atoms with Gasteiger partial charge in [-0.25, -0.2) is 8.42 Å². The summed E-state index contributed by atoms with van der Waals surface area (Å²) in [5, 5.41) is 11.3. The molecule has 0 spiro atoms. The Hall–Kier alpha value is -2.22. The lowest BCUT2D eigenvalue weighted by Crippen LogP contribution is -2.85. The van der Waals surface area contributed by atoms with Crippen molar-refractivity contribution in [3.8, 4) is 0 Å². The largest absolute Gasteiger partial charge is 0.759 e. The second-order valence-corrected chi connectivity index (χ2v) is 10.9. The van der Waals surface area contributed by atoms with E-state index >= 15 is 0 Å². The fraction of sp³-hybridized carbons (Fsp3) is 0.381. The van der Waals surface area contributed by atoms with E-state index in [1.54, 1.807) is 19.2 Å². The van der Waals surface area contributed by atoms with Gasteiger partial charge in [-0.3, -0.25) is 17.5 Å². The van der Waals surface area contributed by atoms with E-state index in [4.69, 9.17) is 34.2 Å². The Morgan fingerprint density at radius 2 is 1.71 bits per heavy atom. The number of carboxylic acid groups (broad SMARTS) is 1. The zero-order valence-corrected chi connectivity index (χ0v) is 20.8. The van der Waals surface area contributed by atoms with Gasteiger partial charge in [0, 0.05) is 40.0 Å². The standard InChI is InChI=1S/C21H25ClN2O4S.H2O4S/c1-24-18-9-6-5-8-16(18)21(23-13-7-3-2-4-10-20(25)26)17-12-11-15(22)14-19(17)29(24,27)28;1-5(2,3)4/h5-6,8-9,11-12,14,21,23H,2-4,7,10,13H2,1H3,(H,25,26);(H2,1,2,3,4)/p-1. The van der Waals surface area contributed by atoms with Crippen LogP contribution in [0.3, 0.4) is 0 Å². The number of nitrogens with zero attached hydrogens (tertiary/aromatic N) is 1. The maximum atomic E-state index is 13.2. The Morgan fingerprint density at radius 1 is 1.09 bits per heavy atom. The Balaban J connectivity index is 0.000000739. The molecule has 0 bridgehead atoms. The number of carbonyl (C=O) groups is 1. The van der Waals surface area contributed by atoms with Crippen molar-refractivity contribution in [3.63, 3.8) is 0 Å². The van der Waals surface area contributed by atoms with Gasteiger partial charge in [-0.15, -0.1) is 0 Å². The van der Waals surface area contributed by atoms with Gasteiger partial charge in [0.15, 0.2) is 0 Å². The summed E-state index contributed by atoms with van der Waals surface area (Å²) in [6, 6.07) is 12.5. The first-order valence-electron chi connectivity index (χ1n) is 10.4. The lowest BCUT2D eigenvalue weighted by molar-refractivity contribution is -0.687. The van der Waals surface area contributed by atoms with Gasteiger partial charge in [-0.2, -0.15) is 0 Å². The predicted octanol–water partition coefficient (Wildman–Crippen LogP) is 1.83. The van der Waals surface area contributed by atoms with Gasteiger partial charge < -0.3 is 19.5 Å². The van der Waals surface area contributed by atoms with E-state index in [2.05, 4.69) is 5.32 Å². The maximum Gasteiger partial charge on any atom is 0.303 e. The van der Waals surface area contributed by atoms with Crippen molar-refractivity contribution in [1.29, 1.82) is 0 Å². The van der Waals surface area contributed by atoms with Gasteiger partial charge in [0.1, 0.15) is 6.04 Å². The molecule has 0 amide bonds. The molecule has 0 fully saturated rings. The van der Waals surface area contributed by atoms with E-state index in [1.165, 1.54) is 10.4 Å². The van der Waals surface area contributed by atoms with Crippen LogP contribution in [-0.4, -0.2) is 50.6 Å². The summed E-state index contributed by atoms with van der Waals surface area (Å²) in [7, 11) is -7.30.